The number of aromatic nitrogens is 1. The van der Waals surface area contributed by atoms with Gasteiger partial charge in [-0.1, -0.05) is 23.4 Å². The molecule has 2 aliphatic rings. The monoisotopic (exact) mass is 493 g/mol. The number of imide groups is 1. The van der Waals surface area contributed by atoms with Crippen LogP contribution in [0.5, 0.6) is 5.75 Å². The van der Waals surface area contributed by atoms with Gasteiger partial charge in [0, 0.05) is 30.6 Å². The first-order chi connectivity index (χ1) is 16.8. The van der Waals surface area contributed by atoms with E-state index in [1.165, 1.54) is 23.1 Å². The Balaban J connectivity index is 1.35. The molecule has 3 aromatic rings. The van der Waals surface area contributed by atoms with Gasteiger partial charge >= 0.3 is 6.09 Å². The largest absolute Gasteiger partial charge is 0.419 e. The fraction of sp³-hybridized carbons (Fsp3) is 0.280. The molecule has 1 unspecified atom stereocenters. The number of rotatable bonds is 3. The van der Waals surface area contributed by atoms with Gasteiger partial charge in [-0.05, 0) is 55.7 Å². The van der Waals surface area contributed by atoms with Crippen LogP contribution in [-0.2, 0) is 9.59 Å². The number of hydrogen-bond donors (Lipinski definition) is 1. The van der Waals surface area contributed by atoms with Gasteiger partial charge in [0.25, 0.3) is 11.5 Å². The number of anilines is 1. The molecule has 0 bridgehead atoms. The fourth-order valence-electron chi connectivity index (χ4n) is 3.70. The summed E-state index contributed by atoms with van der Waals surface area (Å²) in [5.74, 6) is 5.77. The summed E-state index contributed by atoms with van der Waals surface area (Å²) in [5, 5.41) is 2.85. The smallest absolute Gasteiger partial charge is 0.410 e. The van der Waals surface area contributed by atoms with Crippen molar-refractivity contribution in [1.29, 1.82) is 0 Å². The maximum atomic E-state index is 12.9. The summed E-state index contributed by atoms with van der Waals surface area (Å²) in [6, 6.07) is 8.50. The molecule has 0 radical (unpaired) electrons. The number of ether oxygens (including phenoxy) is 1. The zero-order chi connectivity index (χ0) is 24.7. The molecule has 2 fully saturated rings. The van der Waals surface area contributed by atoms with Gasteiger partial charge in [-0.3, -0.25) is 24.6 Å². The number of benzene rings is 2. The van der Waals surface area contributed by atoms with Gasteiger partial charge in [0.05, 0.1) is 10.4 Å². The van der Waals surface area contributed by atoms with Crippen molar-refractivity contribution in [3.05, 3.63) is 57.3 Å². The average molecular weight is 494 g/mol. The molecule has 1 N–H and O–H groups in total. The van der Waals surface area contributed by atoms with Gasteiger partial charge in [-0.2, -0.15) is 4.74 Å². The lowest BCUT2D eigenvalue weighted by molar-refractivity contribution is -0.137. The van der Waals surface area contributed by atoms with E-state index in [0.717, 1.165) is 17.6 Å². The van der Waals surface area contributed by atoms with Crippen LogP contribution < -0.4 is 20.5 Å². The Labute approximate surface area is 204 Å². The first kappa shape index (κ1) is 22.7. The summed E-state index contributed by atoms with van der Waals surface area (Å²) in [7, 11) is 1.55. The number of hydrogen-bond acceptors (Lipinski definition) is 6. The van der Waals surface area contributed by atoms with E-state index in [-0.39, 0.29) is 29.6 Å². The molecule has 35 heavy (non-hydrogen) atoms. The molecular formula is C25H20ClN3O6. The van der Waals surface area contributed by atoms with E-state index in [1.807, 2.05) is 0 Å². The Morgan fingerprint density at radius 2 is 1.97 bits per heavy atom. The standard InChI is InChI=1S/C25H20ClN3O6/c1-28(16-6-8-19(26)15(12-16)5-4-14-2-3-14)25(33)34-17-7-10-21-18(13-17)24(32)29(35-21)20-9-11-22(30)27-23(20)31/h6-8,10,12-14,20H,2-3,9,11H2,1H3,(H,27,30,31). The number of nitrogens with zero attached hydrogens (tertiary/aromatic N) is 2. The van der Waals surface area contributed by atoms with E-state index in [2.05, 4.69) is 17.2 Å². The zero-order valence-electron chi connectivity index (χ0n) is 18.7. The molecule has 9 nitrogen and oxygen atoms in total. The Morgan fingerprint density at radius 3 is 2.71 bits per heavy atom. The van der Waals surface area contributed by atoms with Crippen LogP contribution in [0.1, 0.15) is 37.3 Å². The minimum absolute atomic E-state index is 0.105. The summed E-state index contributed by atoms with van der Waals surface area (Å²) < 4.78 is 12.0. The van der Waals surface area contributed by atoms with Crippen LogP contribution in [0, 0.1) is 17.8 Å². The number of piperidine rings is 1. The first-order valence-electron chi connectivity index (χ1n) is 11.1. The molecule has 1 atom stereocenters. The van der Waals surface area contributed by atoms with E-state index >= 15 is 0 Å². The summed E-state index contributed by atoms with van der Waals surface area (Å²) in [5.41, 5.74) is 0.843. The fourth-order valence-corrected chi connectivity index (χ4v) is 3.86. The third-order valence-electron chi connectivity index (χ3n) is 5.88. The summed E-state index contributed by atoms with van der Waals surface area (Å²) in [6.07, 6.45) is 1.77. The SMILES string of the molecule is CN(C(=O)Oc1ccc2on(C3CCC(=O)NC3=O)c(=O)c2c1)c1ccc(Cl)c(C#CC2CC2)c1. The maximum Gasteiger partial charge on any atom is 0.419 e. The second-order valence-corrected chi connectivity index (χ2v) is 8.89. The zero-order valence-corrected chi connectivity index (χ0v) is 19.4. The molecule has 0 spiro atoms. The molecule has 178 valence electrons. The molecule has 1 saturated carbocycles. The van der Waals surface area contributed by atoms with Crippen LogP contribution in [0.15, 0.2) is 45.7 Å². The number of amides is 3. The predicted molar refractivity (Wildman–Crippen MR) is 127 cm³/mol. The van der Waals surface area contributed by atoms with Crippen molar-refractivity contribution in [3.8, 4) is 17.6 Å². The number of halogens is 1. The number of fused-ring (bicyclic) bond motifs is 1. The Bertz CT molecular complexity index is 1490. The van der Waals surface area contributed by atoms with Gasteiger partial charge < -0.3 is 9.26 Å². The van der Waals surface area contributed by atoms with Gasteiger partial charge in [0.1, 0.15) is 11.8 Å². The van der Waals surface area contributed by atoms with Crippen LogP contribution in [-0.4, -0.2) is 29.7 Å². The number of nitrogens with one attached hydrogen (secondary N) is 1. The van der Waals surface area contributed by atoms with Crippen LogP contribution in [0.2, 0.25) is 5.02 Å². The molecule has 1 aromatic heterocycles. The van der Waals surface area contributed by atoms with E-state index in [9.17, 15) is 19.2 Å². The van der Waals surface area contributed by atoms with Crippen LogP contribution >= 0.6 is 11.6 Å². The van der Waals surface area contributed by atoms with Crippen molar-refractivity contribution in [1.82, 2.24) is 10.1 Å². The molecule has 2 heterocycles. The van der Waals surface area contributed by atoms with Crippen LogP contribution in [0.3, 0.4) is 0 Å². The minimum Gasteiger partial charge on any atom is -0.410 e. The van der Waals surface area contributed by atoms with E-state index in [0.29, 0.717) is 22.2 Å². The summed E-state index contributed by atoms with van der Waals surface area (Å²) >= 11 is 6.24. The van der Waals surface area contributed by atoms with E-state index < -0.39 is 29.5 Å². The molecule has 10 heteroatoms. The van der Waals surface area contributed by atoms with E-state index in [4.69, 9.17) is 20.9 Å². The predicted octanol–water partition coefficient (Wildman–Crippen LogP) is 3.62. The second kappa shape index (κ2) is 8.96. The quantitative estimate of drug-likeness (QED) is 0.440. The lowest BCUT2D eigenvalue weighted by atomic mass is 10.1. The van der Waals surface area contributed by atoms with Crippen molar-refractivity contribution in [2.24, 2.45) is 5.92 Å². The van der Waals surface area contributed by atoms with Crippen molar-refractivity contribution in [2.45, 2.75) is 31.7 Å². The van der Waals surface area contributed by atoms with Crippen LogP contribution in [0.4, 0.5) is 10.5 Å². The van der Waals surface area contributed by atoms with Gasteiger partial charge in [0.15, 0.2) is 5.58 Å². The summed E-state index contributed by atoms with van der Waals surface area (Å²) in [4.78, 5) is 50.5. The lowest BCUT2D eigenvalue weighted by Gasteiger charge is -2.19. The van der Waals surface area contributed by atoms with E-state index in [1.54, 1.807) is 25.2 Å². The lowest BCUT2D eigenvalue weighted by Crippen LogP contribution is -2.43. The maximum absolute atomic E-state index is 12.9. The third-order valence-corrected chi connectivity index (χ3v) is 6.21. The topological polar surface area (TPSA) is 111 Å². The first-order valence-corrected chi connectivity index (χ1v) is 11.4. The normalized spacial score (nSPS) is 17.5. The highest BCUT2D eigenvalue weighted by molar-refractivity contribution is 6.31. The molecular weight excluding hydrogens is 474 g/mol. The van der Waals surface area contributed by atoms with Crippen molar-refractivity contribution in [3.63, 3.8) is 0 Å². The van der Waals surface area contributed by atoms with Crippen LogP contribution in [0.25, 0.3) is 11.0 Å². The van der Waals surface area contributed by atoms with Gasteiger partial charge in [-0.15, -0.1) is 0 Å². The third kappa shape index (κ3) is 4.66. The second-order valence-electron chi connectivity index (χ2n) is 8.48. The summed E-state index contributed by atoms with van der Waals surface area (Å²) in [6.45, 7) is 0. The Morgan fingerprint density at radius 1 is 1.17 bits per heavy atom. The minimum atomic E-state index is -0.924. The molecule has 2 aromatic carbocycles. The Kier molecular flexibility index (Phi) is 5.83. The average Bonchev–Trinajstić information content (AvgIpc) is 3.61. The Hall–Kier alpha value is -4.03. The molecule has 1 aliphatic carbocycles. The van der Waals surface area contributed by atoms with Crippen molar-refractivity contribution < 1.29 is 23.6 Å². The number of carbonyl (C=O) groups excluding carboxylic acids is 3. The molecule has 5 rings (SSSR count). The molecule has 1 saturated heterocycles. The van der Waals surface area contributed by atoms with Crippen molar-refractivity contribution >= 4 is 46.2 Å². The van der Waals surface area contributed by atoms with Gasteiger partial charge in [-0.25, -0.2) is 4.79 Å². The highest BCUT2D eigenvalue weighted by Gasteiger charge is 2.31. The van der Waals surface area contributed by atoms with Gasteiger partial charge in [0.2, 0.25) is 5.91 Å². The highest BCUT2D eigenvalue weighted by Crippen LogP contribution is 2.29. The molecule has 1 aliphatic heterocycles. The van der Waals surface area contributed by atoms with Crippen molar-refractivity contribution in [2.75, 3.05) is 11.9 Å². The highest BCUT2D eigenvalue weighted by atomic mass is 35.5. The number of carbonyl (C=O) groups is 3. The molecule has 3 amide bonds.